The van der Waals surface area contributed by atoms with Crippen molar-refractivity contribution >= 4 is 15.9 Å². The van der Waals surface area contributed by atoms with E-state index in [1.54, 1.807) is 0 Å². The van der Waals surface area contributed by atoms with Crippen LogP contribution in [0.25, 0.3) is 0 Å². The Morgan fingerprint density at radius 3 is 2.47 bits per heavy atom. The first-order valence-electron chi connectivity index (χ1n) is 6.48. The second-order valence-corrected chi connectivity index (χ2v) is 5.77. The Labute approximate surface area is 113 Å². The van der Waals surface area contributed by atoms with Crippen molar-refractivity contribution in [1.82, 2.24) is 0 Å². The van der Waals surface area contributed by atoms with Gasteiger partial charge in [-0.2, -0.15) is 0 Å². The molecular formula is C15H21BrO. The molecule has 1 aliphatic rings. The summed E-state index contributed by atoms with van der Waals surface area (Å²) in [5.41, 5.74) is 1.67. The van der Waals surface area contributed by atoms with Crippen molar-refractivity contribution in [3.05, 3.63) is 35.9 Å². The Balaban J connectivity index is 1.89. The first-order valence-corrected chi connectivity index (χ1v) is 7.60. The zero-order valence-electron chi connectivity index (χ0n) is 10.5. The molecule has 0 amide bonds. The molecule has 1 nitrogen and oxygen atoms in total. The lowest BCUT2D eigenvalue weighted by atomic mass is 9.90. The Hall–Kier alpha value is -0.340. The summed E-state index contributed by atoms with van der Waals surface area (Å²) in [7, 11) is 0. The summed E-state index contributed by atoms with van der Waals surface area (Å²) >= 11 is 3.66. The van der Waals surface area contributed by atoms with Gasteiger partial charge in [-0.15, -0.1) is 0 Å². The molecule has 2 heteroatoms. The van der Waals surface area contributed by atoms with E-state index in [0.29, 0.717) is 5.41 Å². The van der Waals surface area contributed by atoms with Crippen LogP contribution in [0.4, 0.5) is 0 Å². The molecule has 0 bridgehead atoms. The highest BCUT2D eigenvalue weighted by atomic mass is 79.9. The average Bonchev–Trinajstić information content (AvgIpc) is 2.86. The molecule has 1 aromatic rings. The Kier molecular flexibility index (Phi) is 4.63. The Bertz CT molecular complexity index is 330. The van der Waals surface area contributed by atoms with E-state index in [0.717, 1.165) is 11.9 Å². The van der Waals surface area contributed by atoms with Gasteiger partial charge in [0.1, 0.15) is 0 Å². The number of ether oxygens (including phenoxy) is 1. The molecule has 1 fully saturated rings. The first kappa shape index (κ1) is 13.1. The molecule has 1 aromatic carbocycles. The van der Waals surface area contributed by atoms with Crippen LogP contribution >= 0.6 is 15.9 Å². The van der Waals surface area contributed by atoms with Crippen molar-refractivity contribution in [3.8, 4) is 0 Å². The topological polar surface area (TPSA) is 9.23 Å². The van der Waals surface area contributed by atoms with Gasteiger partial charge in [0, 0.05) is 10.7 Å². The van der Waals surface area contributed by atoms with Crippen LogP contribution in [0.15, 0.2) is 30.3 Å². The molecule has 2 rings (SSSR count). The zero-order valence-corrected chi connectivity index (χ0v) is 12.1. The molecule has 1 atom stereocenters. The van der Waals surface area contributed by atoms with Crippen LogP contribution in [-0.2, 0) is 4.74 Å². The van der Waals surface area contributed by atoms with Crippen LogP contribution in [0.1, 0.15) is 44.3 Å². The number of benzene rings is 1. The normalized spacial score (nSPS) is 20.4. The van der Waals surface area contributed by atoms with Crippen molar-refractivity contribution in [2.24, 2.45) is 5.41 Å². The van der Waals surface area contributed by atoms with Crippen molar-refractivity contribution in [2.75, 3.05) is 11.9 Å². The maximum atomic E-state index is 6.08. The molecule has 0 spiro atoms. The van der Waals surface area contributed by atoms with E-state index < -0.39 is 0 Å². The fourth-order valence-electron chi connectivity index (χ4n) is 2.56. The Morgan fingerprint density at radius 1 is 1.24 bits per heavy atom. The van der Waals surface area contributed by atoms with Crippen LogP contribution in [0.3, 0.4) is 0 Å². The molecule has 0 saturated heterocycles. The van der Waals surface area contributed by atoms with Gasteiger partial charge in [-0.1, -0.05) is 59.1 Å². The van der Waals surface area contributed by atoms with E-state index in [2.05, 4.69) is 47.1 Å². The number of alkyl halides is 1. The quantitative estimate of drug-likeness (QED) is 0.715. The Morgan fingerprint density at radius 2 is 1.88 bits per heavy atom. The lowest BCUT2D eigenvalue weighted by molar-refractivity contribution is 0.00907. The minimum Gasteiger partial charge on any atom is -0.373 e. The molecule has 94 valence electrons. The third-order valence-electron chi connectivity index (χ3n) is 3.86. The van der Waals surface area contributed by atoms with Gasteiger partial charge in [0.2, 0.25) is 0 Å². The van der Waals surface area contributed by atoms with Gasteiger partial charge in [-0.3, -0.25) is 0 Å². The molecule has 0 radical (unpaired) electrons. The molecule has 1 aliphatic carbocycles. The largest absolute Gasteiger partial charge is 0.373 e. The van der Waals surface area contributed by atoms with E-state index in [1.807, 2.05) is 6.07 Å². The van der Waals surface area contributed by atoms with E-state index in [-0.39, 0.29) is 6.10 Å². The fraction of sp³-hybridized carbons (Fsp3) is 0.600. The first-order chi connectivity index (χ1) is 8.26. The highest BCUT2D eigenvalue weighted by molar-refractivity contribution is 9.09. The molecule has 1 saturated carbocycles. The molecule has 0 aromatic heterocycles. The summed E-state index contributed by atoms with van der Waals surface area (Å²) in [6, 6.07) is 10.5. The van der Waals surface area contributed by atoms with E-state index in [4.69, 9.17) is 4.74 Å². The van der Waals surface area contributed by atoms with Gasteiger partial charge >= 0.3 is 0 Å². The SMILES string of the molecule is CC(OCC1(CBr)CCCC1)c1ccccc1. The second-order valence-electron chi connectivity index (χ2n) is 5.20. The predicted octanol–water partition coefficient (Wildman–Crippen LogP) is 4.72. The second kappa shape index (κ2) is 6.01. The van der Waals surface area contributed by atoms with Crippen LogP contribution in [0.2, 0.25) is 0 Å². The highest BCUT2D eigenvalue weighted by Gasteiger charge is 2.33. The van der Waals surface area contributed by atoms with E-state index in [9.17, 15) is 0 Å². The standard InChI is InChI=1S/C15H21BrO/c1-13(14-7-3-2-4-8-14)17-12-15(11-16)9-5-6-10-15/h2-4,7-8,13H,5-6,9-12H2,1H3. The van der Waals surface area contributed by atoms with Gasteiger partial charge in [0.25, 0.3) is 0 Å². The van der Waals surface area contributed by atoms with Crippen LogP contribution < -0.4 is 0 Å². The average molecular weight is 297 g/mol. The third-order valence-corrected chi connectivity index (χ3v) is 5.05. The number of hydrogen-bond donors (Lipinski definition) is 0. The van der Waals surface area contributed by atoms with Gasteiger partial charge in [0.15, 0.2) is 0 Å². The maximum Gasteiger partial charge on any atom is 0.0797 e. The van der Waals surface area contributed by atoms with Crippen molar-refractivity contribution in [3.63, 3.8) is 0 Å². The smallest absolute Gasteiger partial charge is 0.0797 e. The monoisotopic (exact) mass is 296 g/mol. The summed E-state index contributed by atoms with van der Waals surface area (Å²) in [6.45, 7) is 3.03. The fourth-order valence-corrected chi connectivity index (χ4v) is 3.29. The van der Waals surface area contributed by atoms with Crippen LogP contribution in [0, 0.1) is 5.41 Å². The molecule has 1 unspecified atom stereocenters. The summed E-state index contributed by atoms with van der Waals surface area (Å²) in [6.07, 6.45) is 5.52. The van der Waals surface area contributed by atoms with Crippen molar-refractivity contribution in [2.45, 2.75) is 38.7 Å². The summed E-state index contributed by atoms with van der Waals surface area (Å²) < 4.78 is 6.08. The molecule has 0 aliphatic heterocycles. The molecule has 0 N–H and O–H groups in total. The minimum absolute atomic E-state index is 0.202. The van der Waals surface area contributed by atoms with Crippen LogP contribution in [0.5, 0.6) is 0 Å². The van der Waals surface area contributed by atoms with Crippen molar-refractivity contribution in [1.29, 1.82) is 0 Å². The predicted molar refractivity (Wildman–Crippen MR) is 75.5 cm³/mol. The van der Waals surface area contributed by atoms with E-state index in [1.165, 1.54) is 31.2 Å². The molecular weight excluding hydrogens is 276 g/mol. The summed E-state index contributed by atoms with van der Waals surface area (Å²) in [4.78, 5) is 0. The molecule has 17 heavy (non-hydrogen) atoms. The maximum absolute atomic E-state index is 6.08. The number of rotatable bonds is 5. The van der Waals surface area contributed by atoms with Crippen LogP contribution in [-0.4, -0.2) is 11.9 Å². The minimum atomic E-state index is 0.202. The van der Waals surface area contributed by atoms with Gasteiger partial charge in [-0.25, -0.2) is 0 Å². The van der Waals surface area contributed by atoms with E-state index >= 15 is 0 Å². The number of halogens is 1. The highest BCUT2D eigenvalue weighted by Crippen LogP contribution is 2.40. The van der Waals surface area contributed by atoms with Crippen molar-refractivity contribution < 1.29 is 4.74 Å². The van der Waals surface area contributed by atoms with Gasteiger partial charge in [0.05, 0.1) is 12.7 Å². The summed E-state index contributed by atoms with van der Waals surface area (Å²) in [5.74, 6) is 0. The summed E-state index contributed by atoms with van der Waals surface area (Å²) in [5, 5.41) is 1.07. The third kappa shape index (κ3) is 3.32. The van der Waals surface area contributed by atoms with Gasteiger partial charge in [-0.05, 0) is 25.3 Å². The van der Waals surface area contributed by atoms with Gasteiger partial charge < -0.3 is 4.74 Å². The molecule has 0 heterocycles. The number of hydrogen-bond acceptors (Lipinski definition) is 1. The lowest BCUT2D eigenvalue weighted by Gasteiger charge is -2.28. The lowest BCUT2D eigenvalue weighted by Crippen LogP contribution is -2.26. The zero-order chi connectivity index (χ0) is 12.1.